The first-order valence-electron chi connectivity index (χ1n) is 10.2. The number of carbonyl (C=O) groups excluding carboxylic acids is 1. The van der Waals surface area contributed by atoms with Crippen LogP contribution in [0.15, 0.2) is 77.7 Å². The molecule has 2 heterocycles. The Balaban J connectivity index is 1.38. The summed E-state index contributed by atoms with van der Waals surface area (Å²) < 4.78 is 3.15. The number of benzene rings is 2. The number of fused-ring (bicyclic) bond motifs is 2. The molecule has 1 N–H and O–H groups in total. The molecule has 1 atom stereocenters. The van der Waals surface area contributed by atoms with Crippen LogP contribution in [-0.2, 0) is 17.8 Å². The molecule has 0 fully saturated rings. The fourth-order valence-electron chi connectivity index (χ4n) is 4.24. The number of carbonyl (C=O) groups is 1. The lowest BCUT2D eigenvalue weighted by Crippen LogP contribution is -2.37. The highest BCUT2D eigenvalue weighted by Gasteiger charge is 2.21. The summed E-state index contributed by atoms with van der Waals surface area (Å²) in [5.74, 6) is 0.396. The Bertz CT molecular complexity index is 1290. The number of aryl methyl sites for hydroxylation is 1. The molecule has 6 nitrogen and oxygen atoms in total. The first-order valence-corrected chi connectivity index (χ1v) is 10.2. The van der Waals surface area contributed by atoms with Gasteiger partial charge in [0.15, 0.2) is 5.82 Å². The lowest BCUT2D eigenvalue weighted by atomic mass is 9.88. The minimum atomic E-state index is -0.297. The van der Waals surface area contributed by atoms with Crippen LogP contribution >= 0.6 is 0 Å². The first-order chi connectivity index (χ1) is 14.7. The number of hydrogen-bond acceptors (Lipinski definition) is 3. The second kappa shape index (κ2) is 7.63. The second-order valence-corrected chi connectivity index (χ2v) is 7.64. The molecule has 6 heteroatoms. The summed E-state index contributed by atoms with van der Waals surface area (Å²) in [7, 11) is 0. The third-order valence-corrected chi connectivity index (χ3v) is 5.70. The third-order valence-electron chi connectivity index (χ3n) is 5.70. The molecule has 1 aliphatic carbocycles. The van der Waals surface area contributed by atoms with Crippen LogP contribution in [0.25, 0.3) is 16.7 Å². The predicted molar refractivity (Wildman–Crippen MR) is 116 cm³/mol. The van der Waals surface area contributed by atoms with Crippen LogP contribution in [0, 0.1) is 0 Å². The van der Waals surface area contributed by atoms with Crippen LogP contribution in [0.5, 0.6) is 0 Å². The average Bonchev–Trinajstić information content (AvgIpc) is 3.20. The van der Waals surface area contributed by atoms with Crippen molar-refractivity contribution >= 4 is 16.8 Å². The van der Waals surface area contributed by atoms with Crippen molar-refractivity contribution in [2.75, 3.05) is 0 Å². The molecule has 2 aromatic carbocycles. The summed E-state index contributed by atoms with van der Waals surface area (Å²) in [6, 6.07) is 21.3. The van der Waals surface area contributed by atoms with Crippen LogP contribution in [0.1, 0.15) is 30.0 Å². The van der Waals surface area contributed by atoms with Crippen molar-refractivity contribution < 1.29 is 4.79 Å². The van der Waals surface area contributed by atoms with E-state index in [0.29, 0.717) is 5.82 Å². The lowest BCUT2D eigenvalue weighted by molar-refractivity contribution is -0.122. The largest absolute Gasteiger partial charge is 0.348 e. The molecule has 4 aromatic rings. The molecule has 2 aromatic heterocycles. The van der Waals surface area contributed by atoms with Gasteiger partial charge in [-0.3, -0.25) is 14.2 Å². The van der Waals surface area contributed by atoms with Gasteiger partial charge in [-0.15, -0.1) is 0 Å². The van der Waals surface area contributed by atoms with Gasteiger partial charge in [0.05, 0.1) is 11.6 Å². The van der Waals surface area contributed by atoms with E-state index in [9.17, 15) is 9.59 Å². The molecule has 30 heavy (non-hydrogen) atoms. The third kappa shape index (κ3) is 3.41. The minimum absolute atomic E-state index is 0.0188. The van der Waals surface area contributed by atoms with E-state index >= 15 is 0 Å². The van der Waals surface area contributed by atoms with Crippen molar-refractivity contribution in [2.24, 2.45) is 0 Å². The highest BCUT2D eigenvalue weighted by Crippen LogP contribution is 2.29. The molecule has 1 amide bonds. The van der Waals surface area contributed by atoms with Crippen molar-refractivity contribution in [3.8, 4) is 5.82 Å². The highest BCUT2D eigenvalue weighted by atomic mass is 16.2. The van der Waals surface area contributed by atoms with Gasteiger partial charge in [0.25, 0.3) is 5.56 Å². The Labute approximate surface area is 173 Å². The van der Waals surface area contributed by atoms with Gasteiger partial charge in [0.2, 0.25) is 5.91 Å². The molecular weight excluding hydrogens is 376 g/mol. The fourth-order valence-corrected chi connectivity index (χ4v) is 4.24. The standard InChI is InChI=1S/C24H22N4O2/c29-23(25-20-10-5-8-17-6-1-3-9-19(17)20)16-28-24(30)13-12-22(26-28)27-15-14-18-7-2-4-11-21(18)27/h1-4,6-7,9,11-15,20H,5,8,10,16H2,(H,25,29)/t20-/m1/s1. The van der Waals surface area contributed by atoms with E-state index in [1.54, 1.807) is 6.07 Å². The number of nitrogens with one attached hydrogen (secondary N) is 1. The smallest absolute Gasteiger partial charge is 0.267 e. The van der Waals surface area contributed by atoms with Gasteiger partial charge >= 0.3 is 0 Å². The number of para-hydroxylation sites is 1. The van der Waals surface area contributed by atoms with Gasteiger partial charge in [0.1, 0.15) is 6.54 Å². The molecule has 0 saturated carbocycles. The van der Waals surface area contributed by atoms with Crippen LogP contribution in [0.4, 0.5) is 0 Å². The molecule has 0 aliphatic heterocycles. The highest BCUT2D eigenvalue weighted by molar-refractivity contribution is 5.81. The zero-order valence-corrected chi connectivity index (χ0v) is 16.5. The van der Waals surface area contributed by atoms with Gasteiger partial charge in [-0.2, -0.15) is 5.10 Å². The maximum atomic E-state index is 12.7. The van der Waals surface area contributed by atoms with E-state index in [1.165, 1.54) is 21.9 Å². The van der Waals surface area contributed by atoms with Crippen molar-refractivity contribution in [2.45, 2.75) is 31.8 Å². The summed E-state index contributed by atoms with van der Waals surface area (Å²) in [5, 5.41) is 8.63. The molecule has 1 aliphatic rings. The summed E-state index contributed by atoms with van der Waals surface area (Å²) in [6.45, 7) is -0.107. The van der Waals surface area contributed by atoms with Gasteiger partial charge < -0.3 is 5.32 Å². The van der Waals surface area contributed by atoms with Crippen LogP contribution in [0.3, 0.4) is 0 Å². The maximum Gasteiger partial charge on any atom is 0.267 e. The number of aromatic nitrogens is 3. The van der Waals surface area contributed by atoms with E-state index in [1.807, 2.05) is 53.2 Å². The van der Waals surface area contributed by atoms with Gasteiger partial charge in [-0.25, -0.2) is 4.68 Å². The number of hydrogen-bond donors (Lipinski definition) is 1. The molecule has 0 bridgehead atoms. The van der Waals surface area contributed by atoms with Crippen LogP contribution in [-0.4, -0.2) is 20.3 Å². The average molecular weight is 398 g/mol. The SMILES string of the molecule is O=C(Cn1nc(-n2ccc3ccccc32)ccc1=O)N[C@@H]1CCCc2ccccc21. The Morgan fingerprint density at radius 3 is 2.80 bits per heavy atom. The van der Waals surface area contributed by atoms with Gasteiger partial charge in [-0.05, 0) is 54.0 Å². The Kier molecular flexibility index (Phi) is 4.67. The zero-order valence-electron chi connectivity index (χ0n) is 16.5. The zero-order chi connectivity index (χ0) is 20.5. The molecule has 0 spiro atoms. The van der Waals surface area contributed by atoms with E-state index < -0.39 is 0 Å². The van der Waals surface area contributed by atoms with Gasteiger partial charge in [0, 0.05) is 12.3 Å². The first kappa shape index (κ1) is 18.4. The molecular formula is C24H22N4O2. The summed E-state index contributed by atoms with van der Waals surface area (Å²) >= 11 is 0. The number of amides is 1. The van der Waals surface area contributed by atoms with E-state index in [2.05, 4.69) is 22.5 Å². The maximum absolute atomic E-state index is 12.7. The monoisotopic (exact) mass is 398 g/mol. The van der Waals surface area contributed by atoms with Crippen molar-refractivity contribution in [3.63, 3.8) is 0 Å². The minimum Gasteiger partial charge on any atom is -0.348 e. The number of nitrogens with zero attached hydrogens (tertiary/aromatic N) is 3. The summed E-state index contributed by atoms with van der Waals surface area (Å²) in [6.07, 6.45) is 4.90. The summed E-state index contributed by atoms with van der Waals surface area (Å²) in [5.41, 5.74) is 3.16. The predicted octanol–water partition coefficient (Wildman–Crippen LogP) is 3.38. The van der Waals surface area contributed by atoms with Crippen molar-refractivity contribution in [3.05, 3.63) is 94.4 Å². The Hall–Kier alpha value is -3.67. The van der Waals surface area contributed by atoms with E-state index in [0.717, 1.165) is 30.2 Å². The van der Waals surface area contributed by atoms with Crippen LogP contribution < -0.4 is 10.9 Å². The lowest BCUT2D eigenvalue weighted by Gasteiger charge is -2.26. The molecule has 0 saturated heterocycles. The topological polar surface area (TPSA) is 68.9 Å². The van der Waals surface area contributed by atoms with Crippen molar-refractivity contribution in [1.29, 1.82) is 0 Å². The molecule has 0 radical (unpaired) electrons. The normalized spacial score (nSPS) is 15.7. The van der Waals surface area contributed by atoms with E-state index in [4.69, 9.17) is 0 Å². The quantitative estimate of drug-likeness (QED) is 0.573. The van der Waals surface area contributed by atoms with E-state index in [-0.39, 0.29) is 24.1 Å². The second-order valence-electron chi connectivity index (χ2n) is 7.64. The van der Waals surface area contributed by atoms with Gasteiger partial charge in [-0.1, -0.05) is 42.5 Å². The van der Waals surface area contributed by atoms with Crippen molar-refractivity contribution in [1.82, 2.24) is 19.7 Å². The fraction of sp³-hybridized carbons (Fsp3) is 0.208. The summed E-state index contributed by atoms with van der Waals surface area (Å²) in [4.78, 5) is 25.1. The molecule has 5 rings (SSSR count). The number of rotatable bonds is 4. The Morgan fingerprint density at radius 2 is 1.87 bits per heavy atom. The van der Waals surface area contributed by atoms with Crippen LogP contribution in [0.2, 0.25) is 0 Å². The Morgan fingerprint density at radius 1 is 1.03 bits per heavy atom. The molecule has 150 valence electrons. The molecule has 0 unspecified atom stereocenters.